The summed E-state index contributed by atoms with van der Waals surface area (Å²) in [5, 5.41) is 9.94. The molecule has 0 unspecified atom stereocenters. The van der Waals surface area contributed by atoms with Crippen LogP contribution in [0, 0.1) is 6.92 Å². The zero-order chi connectivity index (χ0) is 18.8. The molecule has 0 atom stereocenters. The van der Waals surface area contributed by atoms with Crippen molar-refractivity contribution in [2.45, 2.75) is 18.6 Å². The first-order chi connectivity index (χ1) is 13.1. The average Bonchev–Trinajstić information content (AvgIpc) is 3.05. The van der Waals surface area contributed by atoms with E-state index in [9.17, 15) is 4.79 Å². The Morgan fingerprint density at radius 3 is 2.74 bits per heavy atom. The van der Waals surface area contributed by atoms with Gasteiger partial charge in [0.25, 0.3) is 0 Å². The number of carbonyl (C=O) groups excluding carboxylic acids is 1. The molecule has 0 radical (unpaired) electrons. The predicted octanol–water partition coefficient (Wildman–Crippen LogP) is 3.57. The van der Waals surface area contributed by atoms with E-state index in [0.29, 0.717) is 17.3 Å². The molecule has 7 heteroatoms. The number of para-hydroxylation sites is 1. The number of thioether (sulfide) groups is 1. The fourth-order valence-electron chi connectivity index (χ4n) is 2.93. The molecule has 4 aromatic rings. The summed E-state index contributed by atoms with van der Waals surface area (Å²) in [5.74, 6) is 0.305. The minimum absolute atomic E-state index is 0.0311. The van der Waals surface area contributed by atoms with Gasteiger partial charge in [-0.25, -0.2) is 4.98 Å². The Bertz CT molecular complexity index is 1120. The second-order valence-electron chi connectivity index (χ2n) is 6.43. The standard InChI is InChI=1S/C20H19N5OS/c1-13-7-3-4-8-14(13)11-25(2)17(26)12-27-20-22-19-18(23-24-20)15-9-5-6-10-16(15)21-19/h3-10H,11-12H2,1-2H3,(H,21,22,24). The molecular weight excluding hydrogens is 358 g/mol. The summed E-state index contributed by atoms with van der Waals surface area (Å²) in [6.07, 6.45) is 0. The molecule has 0 aliphatic carbocycles. The molecule has 0 aliphatic rings. The van der Waals surface area contributed by atoms with Crippen molar-refractivity contribution in [3.63, 3.8) is 0 Å². The summed E-state index contributed by atoms with van der Waals surface area (Å²) in [5.41, 5.74) is 4.75. The van der Waals surface area contributed by atoms with Gasteiger partial charge in [0, 0.05) is 24.5 Å². The molecule has 0 spiro atoms. The van der Waals surface area contributed by atoms with E-state index < -0.39 is 0 Å². The van der Waals surface area contributed by atoms with Crippen LogP contribution in [0.3, 0.4) is 0 Å². The van der Waals surface area contributed by atoms with Crippen molar-refractivity contribution in [1.29, 1.82) is 0 Å². The zero-order valence-corrected chi connectivity index (χ0v) is 16.0. The number of nitrogens with one attached hydrogen (secondary N) is 1. The van der Waals surface area contributed by atoms with Crippen molar-refractivity contribution in [2.24, 2.45) is 0 Å². The molecule has 0 fully saturated rings. The fraction of sp³-hybridized carbons (Fsp3) is 0.200. The second-order valence-corrected chi connectivity index (χ2v) is 7.37. The molecule has 0 aliphatic heterocycles. The Hall–Kier alpha value is -2.93. The van der Waals surface area contributed by atoms with Gasteiger partial charge in [0.2, 0.25) is 11.1 Å². The lowest BCUT2D eigenvalue weighted by molar-refractivity contribution is -0.127. The minimum atomic E-state index is 0.0311. The summed E-state index contributed by atoms with van der Waals surface area (Å²) < 4.78 is 0. The number of hydrogen-bond acceptors (Lipinski definition) is 5. The van der Waals surface area contributed by atoms with Crippen LogP contribution in [0.1, 0.15) is 11.1 Å². The van der Waals surface area contributed by atoms with Crippen LogP contribution < -0.4 is 0 Å². The summed E-state index contributed by atoms with van der Waals surface area (Å²) in [7, 11) is 1.81. The van der Waals surface area contributed by atoms with Crippen LogP contribution in [-0.2, 0) is 11.3 Å². The number of aryl methyl sites for hydroxylation is 1. The maximum atomic E-state index is 12.5. The van der Waals surface area contributed by atoms with Crippen LogP contribution in [0.2, 0.25) is 0 Å². The lowest BCUT2D eigenvalue weighted by Crippen LogP contribution is -2.28. The third kappa shape index (κ3) is 3.64. The summed E-state index contributed by atoms with van der Waals surface area (Å²) >= 11 is 1.30. The highest BCUT2D eigenvalue weighted by atomic mass is 32.2. The molecule has 2 heterocycles. The average molecular weight is 377 g/mol. The molecule has 0 saturated carbocycles. The number of aromatic nitrogens is 4. The number of nitrogens with zero attached hydrogens (tertiary/aromatic N) is 4. The largest absolute Gasteiger partial charge is 0.341 e. The van der Waals surface area contributed by atoms with Gasteiger partial charge in [-0.2, -0.15) is 0 Å². The molecule has 27 heavy (non-hydrogen) atoms. The second kappa shape index (κ2) is 7.36. The summed E-state index contributed by atoms with van der Waals surface area (Å²) in [6, 6.07) is 16.0. The molecular formula is C20H19N5OS. The highest BCUT2D eigenvalue weighted by molar-refractivity contribution is 7.99. The van der Waals surface area contributed by atoms with Crippen LogP contribution in [0.25, 0.3) is 22.1 Å². The van der Waals surface area contributed by atoms with E-state index in [1.807, 2.05) is 49.5 Å². The molecule has 1 N–H and O–H groups in total. The first-order valence-corrected chi connectivity index (χ1v) is 9.63. The van der Waals surface area contributed by atoms with E-state index >= 15 is 0 Å². The van der Waals surface area contributed by atoms with Crippen LogP contribution in [-0.4, -0.2) is 43.8 Å². The maximum Gasteiger partial charge on any atom is 0.233 e. The van der Waals surface area contributed by atoms with E-state index in [2.05, 4.69) is 33.2 Å². The first-order valence-electron chi connectivity index (χ1n) is 8.64. The van der Waals surface area contributed by atoms with Crippen molar-refractivity contribution >= 4 is 39.7 Å². The molecule has 0 saturated heterocycles. The van der Waals surface area contributed by atoms with Crippen LogP contribution in [0.15, 0.2) is 53.7 Å². The van der Waals surface area contributed by atoms with E-state index in [0.717, 1.165) is 22.0 Å². The lowest BCUT2D eigenvalue weighted by Gasteiger charge is -2.18. The van der Waals surface area contributed by atoms with Crippen molar-refractivity contribution in [3.05, 3.63) is 59.7 Å². The number of carbonyl (C=O) groups is 1. The zero-order valence-electron chi connectivity index (χ0n) is 15.1. The summed E-state index contributed by atoms with van der Waals surface area (Å²) in [6.45, 7) is 2.64. The van der Waals surface area contributed by atoms with Crippen LogP contribution in [0.5, 0.6) is 0 Å². The molecule has 2 aromatic heterocycles. The number of H-pyrrole nitrogens is 1. The lowest BCUT2D eigenvalue weighted by atomic mass is 10.1. The van der Waals surface area contributed by atoms with Crippen molar-refractivity contribution < 1.29 is 4.79 Å². The Balaban J connectivity index is 1.44. The number of hydrogen-bond donors (Lipinski definition) is 1. The van der Waals surface area contributed by atoms with Crippen LogP contribution in [0.4, 0.5) is 0 Å². The highest BCUT2D eigenvalue weighted by Gasteiger charge is 2.14. The molecule has 4 rings (SSSR count). The number of benzene rings is 2. The SMILES string of the molecule is Cc1ccccc1CN(C)C(=O)CSc1nnc2c(n1)[nH]c1ccccc12. The van der Waals surface area contributed by atoms with E-state index in [-0.39, 0.29) is 11.7 Å². The molecule has 136 valence electrons. The summed E-state index contributed by atoms with van der Waals surface area (Å²) in [4.78, 5) is 21.9. The fourth-order valence-corrected chi connectivity index (χ4v) is 3.66. The van der Waals surface area contributed by atoms with Crippen molar-refractivity contribution in [2.75, 3.05) is 12.8 Å². The Morgan fingerprint density at radius 2 is 1.89 bits per heavy atom. The first kappa shape index (κ1) is 17.5. The molecule has 0 bridgehead atoms. The van der Waals surface area contributed by atoms with Crippen LogP contribution >= 0.6 is 11.8 Å². The quantitative estimate of drug-likeness (QED) is 0.538. The van der Waals surface area contributed by atoms with Crippen molar-refractivity contribution in [3.8, 4) is 0 Å². The van der Waals surface area contributed by atoms with E-state index in [4.69, 9.17) is 0 Å². The number of amides is 1. The number of fused-ring (bicyclic) bond motifs is 3. The van der Waals surface area contributed by atoms with Gasteiger partial charge < -0.3 is 9.88 Å². The van der Waals surface area contributed by atoms with Gasteiger partial charge in [0.1, 0.15) is 5.52 Å². The van der Waals surface area contributed by atoms with E-state index in [1.54, 1.807) is 4.90 Å². The van der Waals surface area contributed by atoms with Crippen molar-refractivity contribution in [1.82, 2.24) is 25.1 Å². The highest BCUT2D eigenvalue weighted by Crippen LogP contribution is 2.23. The monoisotopic (exact) mass is 377 g/mol. The molecule has 6 nitrogen and oxygen atoms in total. The Morgan fingerprint density at radius 1 is 1.11 bits per heavy atom. The van der Waals surface area contributed by atoms with Gasteiger partial charge in [-0.3, -0.25) is 4.79 Å². The molecule has 2 aromatic carbocycles. The number of rotatable bonds is 5. The number of aromatic amines is 1. The Kier molecular flexibility index (Phi) is 4.77. The van der Waals surface area contributed by atoms with Gasteiger partial charge in [-0.05, 0) is 24.1 Å². The molecule has 1 amide bonds. The Labute approximate surface area is 161 Å². The van der Waals surface area contributed by atoms with E-state index in [1.165, 1.54) is 17.3 Å². The smallest absolute Gasteiger partial charge is 0.233 e. The third-order valence-corrected chi connectivity index (χ3v) is 5.34. The van der Waals surface area contributed by atoms with Gasteiger partial charge in [0.15, 0.2) is 5.65 Å². The van der Waals surface area contributed by atoms with Gasteiger partial charge in [-0.15, -0.1) is 10.2 Å². The maximum absolute atomic E-state index is 12.5. The normalized spacial score (nSPS) is 11.2. The van der Waals surface area contributed by atoms with Gasteiger partial charge in [0.05, 0.1) is 5.75 Å². The minimum Gasteiger partial charge on any atom is -0.341 e. The van der Waals surface area contributed by atoms with Gasteiger partial charge in [-0.1, -0.05) is 54.2 Å². The predicted molar refractivity (Wildman–Crippen MR) is 108 cm³/mol. The third-order valence-electron chi connectivity index (χ3n) is 4.52. The van der Waals surface area contributed by atoms with Gasteiger partial charge >= 0.3 is 0 Å². The topological polar surface area (TPSA) is 74.8 Å².